The summed E-state index contributed by atoms with van der Waals surface area (Å²) >= 11 is 0. The lowest BCUT2D eigenvalue weighted by atomic mass is 10.1. The van der Waals surface area contributed by atoms with Gasteiger partial charge in [-0.25, -0.2) is 4.79 Å². The molecule has 1 aromatic carbocycles. The summed E-state index contributed by atoms with van der Waals surface area (Å²) in [6.07, 6.45) is 2.33. The van der Waals surface area contributed by atoms with E-state index in [9.17, 15) is 9.59 Å². The fourth-order valence-electron chi connectivity index (χ4n) is 3.03. The number of carbonyl (C=O) groups is 2. The van der Waals surface area contributed by atoms with Gasteiger partial charge in [0.25, 0.3) is 5.91 Å². The number of para-hydroxylation sites is 1. The number of hydrogen-bond donors (Lipinski definition) is 2. The highest BCUT2D eigenvalue weighted by Gasteiger charge is 2.38. The third-order valence-corrected chi connectivity index (χ3v) is 4.20. The molecule has 0 spiro atoms. The van der Waals surface area contributed by atoms with E-state index in [0.29, 0.717) is 17.9 Å². The van der Waals surface area contributed by atoms with Crippen molar-refractivity contribution in [2.24, 2.45) is 0 Å². The van der Waals surface area contributed by atoms with Crippen molar-refractivity contribution in [3.05, 3.63) is 53.5 Å². The van der Waals surface area contributed by atoms with Crippen LogP contribution in [0.4, 0.5) is 4.79 Å². The summed E-state index contributed by atoms with van der Waals surface area (Å²) in [7, 11) is 0. The van der Waals surface area contributed by atoms with Gasteiger partial charge in [-0.1, -0.05) is 23.4 Å². The van der Waals surface area contributed by atoms with Crippen molar-refractivity contribution < 1.29 is 14.1 Å². The average Bonchev–Trinajstić information content (AvgIpc) is 3.24. The molecule has 4 rings (SSSR count). The van der Waals surface area contributed by atoms with E-state index < -0.39 is 12.1 Å². The highest BCUT2D eigenvalue weighted by Crippen LogP contribution is 2.22. The molecule has 3 heterocycles. The fourth-order valence-corrected chi connectivity index (χ4v) is 3.03. The molecule has 1 aliphatic rings. The first-order valence-electron chi connectivity index (χ1n) is 7.71. The van der Waals surface area contributed by atoms with Gasteiger partial charge in [-0.05, 0) is 18.6 Å². The van der Waals surface area contributed by atoms with Gasteiger partial charge < -0.3 is 14.8 Å². The molecule has 1 atom stereocenters. The lowest BCUT2D eigenvalue weighted by molar-refractivity contribution is -0.128. The van der Waals surface area contributed by atoms with Crippen LogP contribution in [-0.4, -0.2) is 33.0 Å². The number of urea groups is 1. The molecule has 3 amide bonds. The number of nitrogens with one attached hydrogen (secondary N) is 2. The Bertz CT molecular complexity index is 927. The number of fused-ring (bicyclic) bond motifs is 1. The number of aromatic amines is 1. The molecule has 0 aliphatic carbocycles. The van der Waals surface area contributed by atoms with Crippen LogP contribution in [0, 0.1) is 6.92 Å². The summed E-state index contributed by atoms with van der Waals surface area (Å²) in [6.45, 7) is 1.88. The van der Waals surface area contributed by atoms with Crippen LogP contribution in [0.15, 0.2) is 41.1 Å². The average molecular weight is 324 g/mol. The predicted molar refractivity (Wildman–Crippen MR) is 86.1 cm³/mol. The van der Waals surface area contributed by atoms with Crippen molar-refractivity contribution in [2.75, 3.05) is 0 Å². The minimum absolute atomic E-state index is 0.0931. The highest BCUT2D eigenvalue weighted by molar-refractivity contribution is 6.04. The van der Waals surface area contributed by atoms with Gasteiger partial charge >= 0.3 is 6.03 Å². The first kappa shape index (κ1) is 14.5. The quantitative estimate of drug-likeness (QED) is 0.719. The Morgan fingerprint density at radius 2 is 2.12 bits per heavy atom. The number of aryl methyl sites for hydroxylation is 1. The van der Waals surface area contributed by atoms with E-state index in [2.05, 4.69) is 15.5 Å². The Labute approximate surface area is 137 Å². The number of amides is 3. The molecular weight excluding hydrogens is 308 g/mol. The second-order valence-electron chi connectivity index (χ2n) is 5.92. The van der Waals surface area contributed by atoms with Gasteiger partial charge in [-0.15, -0.1) is 0 Å². The summed E-state index contributed by atoms with van der Waals surface area (Å²) < 4.78 is 5.09. The van der Waals surface area contributed by atoms with Crippen LogP contribution in [0.3, 0.4) is 0 Å². The number of carbonyl (C=O) groups excluding carboxylic acids is 2. The number of aromatic nitrogens is 2. The maximum atomic E-state index is 12.6. The van der Waals surface area contributed by atoms with Gasteiger partial charge in [0.05, 0.1) is 12.2 Å². The lowest BCUT2D eigenvalue weighted by Crippen LogP contribution is -2.32. The van der Waals surface area contributed by atoms with Crippen LogP contribution in [0.1, 0.15) is 17.0 Å². The standard InChI is InChI=1S/C17H16N4O3/c1-10-6-12(24-20-10)9-21-16(22)15(19-17(21)23)7-11-8-18-14-5-3-2-4-13(11)14/h2-6,8,15,18H,7,9H2,1H3,(H,19,23)/t15-/m1/s1. The van der Waals surface area contributed by atoms with Crippen molar-refractivity contribution in [1.29, 1.82) is 0 Å². The second-order valence-corrected chi connectivity index (χ2v) is 5.92. The zero-order chi connectivity index (χ0) is 16.7. The number of H-pyrrole nitrogens is 1. The van der Waals surface area contributed by atoms with E-state index in [1.807, 2.05) is 30.5 Å². The van der Waals surface area contributed by atoms with E-state index in [-0.39, 0.29) is 12.5 Å². The zero-order valence-corrected chi connectivity index (χ0v) is 13.1. The summed E-state index contributed by atoms with van der Waals surface area (Å²) in [6, 6.07) is 8.62. The van der Waals surface area contributed by atoms with Crippen LogP contribution < -0.4 is 5.32 Å². The molecule has 122 valence electrons. The van der Waals surface area contributed by atoms with Crippen LogP contribution >= 0.6 is 0 Å². The van der Waals surface area contributed by atoms with Crippen LogP contribution in [0.5, 0.6) is 0 Å². The Kier molecular flexibility index (Phi) is 3.34. The summed E-state index contributed by atoms with van der Waals surface area (Å²) in [4.78, 5) is 29.0. The van der Waals surface area contributed by atoms with Crippen molar-refractivity contribution in [3.8, 4) is 0 Å². The molecule has 7 nitrogen and oxygen atoms in total. The molecule has 0 radical (unpaired) electrons. The molecule has 2 N–H and O–H groups in total. The van der Waals surface area contributed by atoms with Crippen LogP contribution in [-0.2, 0) is 17.8 Å². The third kappa shape index (κ3) is 2.44. The number of benzene rings is 1. The van der Waals surface area contributed by atoms with Gasteiger partial charge in [0, 0.05) is 29.6 Å². The largest absolute Gasteiger partial charge is 0.361 e. The third-order valence-electron chi connectivity index (χ3n) is 4.20. The maximum Gasteiger partial charge on any atom is 0.325 e. The molecule has 7 heteroatoms. The van der Waals surface area contributed by atoms with E-state index in [0.717, 1.165) is 16.5 Å². The van der Waals surface area contributed by atoms with Gasteiger partial charge in [0.2, 0.25) is 0 Å². The van der Waals surface area contributed by atoms with E-state index in [1.165, 1.54) is 4.90 Å². The zero-order valence-electron chi connectivity index (χ0n) is 13.1. The number of imide groups is 1. The molecule has 1 aliphatic heterocycles. The predicted octanol–water partition coefficient (Wildman–Crippen LogP) is 2.13. The molecule has 0 unspecified atom stereocenters. The molecule has 3 aromatic rings. The first-order valence-corrected chi connectivity index (χ1v) is 7.71. The second kappa shape index (κ2) is 5.52. The number of hydrogen-bond acceptors (Lipinski definition) is 4. The molecule has 0 bridgehead atoms. The molecule has 24 heavy (non-hydrogen) atoms. The summed E-state index contributed by atoms with van der Waals surface area (Å²) in [5.41, 5.74) is 2.73. The van der Waals surface area contributed by atoms with Gasteiger partial charge in [-0.2, -0.15) is 0 Å². The SMILES string of the molecule is Cc1cc(CN2C(=O)N[C@H](Cc3c[nH]c4ccccc34)C2=O)on1. The minimum Gasteiger partial charge on any atom is -0.361 e. The van der Waals surface area contributed by atoms with Crippen molar-refractivity contribution in [1.82, 2.24) is 20.4 Å². The van der Waals surface area contributed by atoms with E-state index >= 15 is 0 Å². The van der Waals surface area contributed by atoms with Crippen molar-refractivity contribution >= 4 is 22.8 Å². The Morgan fingerprint density at radius 1 is 1.29 bits per heavy atom. The lowest BCUT2D eigenvalue weighted by Gasteiger charge is -2.10. The molecule has 0 saturated carbocycles. The normalized spacial score (nSPS) is 17.7. The Morgan fingerprint density at radius 3 is 2.92 bits per heavy atom. The molecule has 1 saturated heterocycles. The number of rotatable bonds is 4. The van der Waals surface area contributed by atoms with Gasteiger partial charge in [-0.3, -0.25) is 9.69 Å². The van der Waals surface area contributed by atoms with Crippen LogP contribution in [0.2, 0.25) is 0 Å². The molecule has 1 fully saturated rings. The fraction of sp³-hybridized carbons (Fsp3) is 0.235. The van der Waals surface area contributed by atoms with Crippen molar-refractivity contribution in [2.45, 2.75) is 25.9 Å². The molecular formula is C17H16N4O3. The summed E-state index contributed by atoms with van der Waals surface area (Å²) in [5, 5.41) is 7.58. The minimum atomic E-state index is -0.569. The van der Waals surface area contributed by atoms with Crippen LogP contribution in [0.25, 0.3) is 10.9 Å². The number of nitrogens with zero attached hydrogens (tertiary/aromatic N) is 2. The Balaban J connectivity index is 1.53. The summed E-state index contributed by atoms with van der Waals surface area (Å²) in [5.74, 6) is 0.239. The smallest absolute Gasteiger partial charge is 0.325 e. The maximum absolute atomic E-state index is 12.6. The topological polar surface area (TPSA) is 91.2 Å². The highest BCUT2D eigenvalue weighted by atomic mass is 16.5. The van der Waals surface area contributed by atoms with Gasteiger partial charge in [0.15, 0.2) is 5.76 Å². The first-order chi connectivity index (χ1) is 11.6. The van der Waals surface area contributed by atoms with E-state index in [1.54, 1.807) is 13.0 Å². The monoisotopic (exact) mass is 324 g/mol. The molecule has 2 aromatic heterocycles. The van der Waals surface area contributed by atoms with Crippen molar-refractivity contribution in [3.63, 3.8) is 0 Å². The van der Waals surface area contributed by atoms with Gasteiger partial charge in [0.1, 0.15) is 6.04 Å². The Hall–Kier alpha value is -3.09. The van der Waals surface area contributed by atoms with E-state index in [4.69, 9.17) is 4.52 Å².